The van der Waals surface area contributed by atoms with E-state index in [1.54, 1.807) is 30.3 Å². The van der Waals surface area contributed by atoms with Gasteiger partial charge in [0.2, 0.25) is 0 Å². The highest BCUT2D eigenvalue weighted by molar-refractivity contribution is 7.89. The summed E-state index contributed by atoms with van der Waals surface area (Å²) in [5.74, 6) is 0.838. The second kappa shape index (κ2) is 6.43. The molecule has 0 saturated heterocycles. The van der Waals surface area contributed by atoms with Crippen molar-refractivity contribution in [3.63, 3.8) is 0 Å². The Hall–Kier alpha value is -1.62. The van der Waals surface area contributed by atoms with Crippen molar-refractivity contribution in [2.75, 3.05) is 0 Å². The number of allylic oxidation sites excluding steroid dienone is 2. The van der Waals surface area contributed by atoms with Crippen LogP contribution in [0.3, 0.4) is 0 Å². The lowest BCUT2D eigenvalue weighted by atomic mass is 9.84. The Balaban J connectivity index is 2.23. The summed E-state index contributed by atoms with van der Waals surface area (Å²) in [6, 6.07) is 8.30. The number of hydrazone groups is 1. The zero-order chi connectivity index (χ0) is 15.5. The first-order valence-electron chi connectivity index (χ1n) is 7.24. The quantitative estimate of drug-likeness (QED) is 0.867. The van der Waals surface area contributed by atoms with E-state index in [-0.39, 0.29) is 4.90 Å². The van der Waals surface area contributed by atoms with Gasteiger partial charge in [-0.2, -0.15) is 18.4 Å². The molecule has 1 N–H and O–H groups in total. The zero-order valence-electron chi connectivity index (χ0n) is 12.7. The predicted molar refractivity (Wildman–Crippen MR) is 85.5 cm³/mol. The molecule has 1 aliphatic carbocycles. The second-order valence-corrected chi connectivity index (χ2v) is 7.49. The summed E-state index contributed by atoms with van der Waals surface area (Å²) >= 11 is 0. The van der Waals surface area contributed by atoms with E-state index in [0.29, 0.717) is 11.8 Å². The number of hydrogen-bond donors (Lipinski definition) is 1. The molecule has 4 nitrogen and oxygen atoms in total. The lowest BCUT2D eigenvalue weighted by Gasteiger charge is -2.23. The van der Waals surface area contributed by atoms with E-state index < -0.39 is 10.0 Å². The predicted octanol–water partition coefficient (Wildman–Crippen LogP) is 3.33. The average molecular weight is 306 g/mol. The van der Waals surface area contributed by atoms with Crippen molar-refractivity contribution in [1.82, 2.24) is 4.83 Å². The number of hydrogen-bond acceptors (Lipinski definition) is 3. The van der Waals surface area contributed by atoms with Crippen LogP contribution in [0.25, 0.3) is 0 Å². The molecule has 5 heteroatoms. The number of nitrogens with zero attached hydrogens (tertiary/aromatic N) is 1. The normalized spacial score (nSPS) is 21.4. The fourth-order valence-corrected chi connectivity index (χ4v) is 3.28. The molecule has 0 bridgehead atoms. The van der Waals surface area contributed by atoms with Crippen LogP contribution < -0.4 is 4.83 Å². The maximum atomic E-state index is 12.2. The Bertz CT molecular complexity index is 646. The number of nitrogens with one attached hydrogen (secondary N) is 1. The van der Waals surface area contributed by atoms with Crippen LogP contribution in [0.15, 0.2) is 52.0 Å². The Morgan fingerprint density at radius 2 is 1.90 bits per heavy atom. The molecule has 21 heavy (non-hydrogen) atoms. The molecule has 0 amide bonds. The van der Waals surface area contributed by atoms with Gasteiger partial charge in [0.1, 0.15) is 0 Å². The lowest BCUT2D eigenvalue weighted by Crippen LogP contribution is -2.24. The first-order chi connectivity index (χ1) is 9.90. The molecule has 2 rings (SSSR count). The third-order valence-corrected chi connectivity index (χ3v) is 4.82. The molecule has 0 heterocycles. The van der Waals surface area contributed by atoms with Crippen LogP contribution in [0.2, 0.25) is 0 Å². The topological polar surface area (TPSA) is 58.5 Å². The molecule has 1 aromatic rings. The molecule has 1 atom stereocenters. The van der Waals surface area contributed by atoms with Crippen molar-refractivity contribution in [2.45, 2.75) is 38.5 Å². The molecule has 1 aliphatic rings. The molecule has 0 fully saturated rings. The van der Waals surface area contributed by atoms with Crippen LogP contribution in [0.5, 0.6) is 0 Å². The first kappa shape index (κ1) is 15.8. The highest BCUT2D eigenvalue weighted by Gasteiger charge is 2.20. The van der Waals surface area contributed by atoms with Crippen LogP contribution in [0, 0.1) is 11.8 Å². The summed E-state index contributed by atoms with van der Waals surface area (Å²) in [6.07, 6.45) is 4.01. The molecular formula is C16H22N2O2S. The van der Waals surface area contributed by atoms with E-state index in [1.807, 2.05) is 0 Å². The Morgan fingerprint density at radius 1 is 1.24 bits per heavy atom. The van der Waals surface area contributed by atoms with Gasteiger partial charge < -0.3 is 0 Å². The van der Waals surface area contributed by atoms with Crippen molar-refractivity contribution < 1.29 is 8.42 Å². The molecular weight excluding hydrogens is 284 g/mol. The molecule has 0 radical (unpaired) electrons. The standard InChI is InChI=1S/C16H22N2O2S/c1-12(2)15-10-9-13(3)11-16(15)17-18-21(19,20)14-7-5-4-6-8-14/h4-8,10,12-13,18H,9,11H2,1-3H3/b17-16-/t13-/m1/s1. The minimum Gasteiger partial charge on any atom is -0.200 e. The van der Waals surface area contributed by atoms with Crippen molar-refractivity contribution in [3.05, 3.63) is 42.0 Å². The van der Waals surface area contributed by atoms with Gasteiger partial charge in [-0.1, -0.05) is 45.0 Å². The van der Waals surface area contributed by atoms with Gasteiger partial charge in [0, 0.05) is 0 Å². The SMILES string of the molecule is CC(C)C1=CC[C@@H](C)C/C1=N/NS(=O)(=O)c1ccccc1. The number of sulfonamides is 1. The van der Waals surface area contributed by atoms with E-state index in [1.165, 1.54) is 0 Å². The highest BCUT2D eigenvalue weighted by atomic mass is 32.2. The fourth-order valence-electron chi connectivity index (χ4n) is 2.42. The molecule has 1 aromatic carbocycles. The van der Waals surface area contributed by atoms with Gasteiger partial charge >= 0.3 is 0 Å². The smallest absolute Gasteiger partial charge is 0.200 e. The van der Waals surface area contributed by atoms with E-state index in [9.17, 15) is 8.42 Å². The molecule has 0 unspecified atom stereocenters. The summed E-state index contributed by atoms with van der Waals surface area (Å²) in [5, 5.41) is 4.19. The van der Waals surface area contributed by atoms with Crippen LogP contribution in [0.4, 0.5) is 0 Å². The third-order valence-electron chi connectivity index (χ3n) is 3.59. The molecule has 0 aliphatic heterocycles. The molecule has 0 spiro atoms. The first-order valence-corrected chi connectivity index (χ1v) is 8.72. The van der Waals surface area contributed by atoms with Crippen LogP contribution in [-0.4, -0.2) is 14.1 Å². The Labute approximate surface area is 127 Å². The number of rotatable bonds is 4. The van der Waals surface area contributed by atoms with Gasteiger partial charge in [-0.15, -0.1) is 0 Å². The molecule has 114 valence electrons. The van der Waals surface area contributed by atoms with Crippen LogP contribution in [0.1, 0.15) is 33.6 Å². The lowest BCUT2D eigenvalue weighted by molar-refractivity contribution is 0.578. The summed E-state index contributed by atoms with van der Waals surface area (Å²) in [6.45, 7) is 6.35. The van der Waals surface area contributed by atoms with Gasteiger partial charge in [0.05, 0.1) is 10.6 Å². The van der Waals surface area contributed by atoms with Crippen LogP contribution in [-0.2, 0) is 10.0 Å². The Kier molecular flexibility index (Phi) is 4.83. The molecule has 0 aromatic heterocycles. The molecule has 0 saturated carbocycles. The third kappa shape index (κ3) is 3.94. The monoisotopic (exact) mass is 306 g/mol. The summed E-state index contributed by atoms with van der Waals surface area (Å²) in [4.78, 5) is 2.60. The summed E-state index contributed by atoms with van der Waals surface area (Å²) in [7, 11) is -3.59. The van der Waals surface area contributed by atoms with Crippen molar-refractivity contribution in [3.8, 4) is 0 Å². The fraction of sp³-hybridized carbons (Fsp3) is 0.438. The average Bonchev–Trinajstić information content (AvgIpc) is 2.46. The minimum atomic E-state index is -3.59. The van der Waals surface area contributed by atoms with Crippen molar-refractivity contribution >= 4 is 15.7 Å². The van der Waals surface area contributed by atoms with Gasteiger partial charge in [-0.25, -0.2) is 0 Å². The van der Waals surface area contributed by atoms with Crippen molar-refractivity contribution in [2.24, 2.45) is 16.9 Å². The van der Waals surface area contributed by atoms with Crippen molar-refractivity contribution in [1.29, 1.82) is 0 Å². The zero-order valence-corrected chi connectivity index (χ0v) is 13.5. The van der Waals surface area contributed by atoms with E-state index >= 15 is 0 Å². The maximum Gasteiger partial charge on any atom is 0.276 e. The summed E-state index contributed by atoms with van der Waals surface area (Å²) < 4.78 is 24.4. The Morgan fingerprint density at radius 3 is 2.52 bits per heavy atom. The van der Waals surface area contributed by atoms with E-state index in [4.69, 9.17) is 0 Å². The van der Waals surface area contributed by atoms with Gasteiger partial charge in [-0.05, 0) is 42.4 Å². The van der Waals surface area contributed by atoms with Gasteiger partial charge in [0.25, 0.3) is 10.0 Å². The van der Waals surface area contributed by atoms with Gasteiger partial charge in [-0.3, -0.25) is 0 Å². The highest BCUT2D eigenvalue weighted by Crippen LogP contribution is 2.25. The van der Waals surface area contributed by atoms with E-state index in [2.05, 4.69) is 36.8 Å². The minimum absolute atomic E-state index is 0.230. The second-order valence-electron chi connectivity index (χ2n) is 5.83. The largest absolute Gasteiger partial charge is 0.276 e. The summed E-state index contributed by atoms with van der Waals surface area (Å²) in [5.41, 5.74) is 1.99. The van der Waals surface area contributed by atoms with Crippen LogP contribution >= 0.6 is 0 Å². The van der Waals surface area contributed by atoms with Gasteiger partial charge in [0.15, 0.2) is 0 Å². The number of benzene rings is 1. The van der Waals surface area contributed by atoms with E-state index in [0.717, 1.165) is 24.1 Å². The maximum absolute atomic E-state index is 12.2.